The van der Waals surface area contributed by atoms with E-state index >= 15 is 0 Å². The van der Waals surface area contributed by atoms with Crippen molar-refractivity contribution < 1.29 is 13.2 Å². The maximum absolute atomic E-state index is 12.0. The molecular formula is C11H16ClN3O3S. The number of nitrogens with zero attached hydrogens (tertiary/aromatic N) is 1. The van der Waals surface area contributed by atoms with E-state index < -0.39 is 22.0 Å². The van der Waals surface area contributed by atoms with Gasteiger partial charge in [0.1, 0.15) is 0 Å². The first-order valence-electron chi connectivity index (χ1n) is 5.48. The minimum Gasteiger partial charge on any atom is -0.288 e. The van der Waals surface area contributed by atoms with Gasteiger partial charge in [0.05, 0.1) is 10.9 Å². The van der Waals surface area contributed by atoms with Gasteiger partial charge in [-0.15, -0.1) is 0 Å². The summed E-state index contributed by atoms with van der Waals surface area (Å²) in [6, 6.07) is 4.93. The van der Waals surface area contributed by atoms with Gasteiger partial charge in [-0.2, -0.15) is 4.72 Å². The molecule has 8 heteroatoms. The molecule has 0 heterocycles. The second-order valence-electron chi connectivity index (χ2n) is 4.17. The van der Waals surface area contributed by atoms with Crippen LogP contribution in [0.5, 0.6) is 0 Å². The van der Waals surface area contributed by atoms with Crippen LogP contribution >= 0.6 is 11.6 Å². The normalized spacial score (nSPS) is 13.3. The Morgan fingerprint density at radius 3 is 2.53 bits per heavy atom. The average Bonchev–Trinajstić information content (AvgIpc) is 2.27. The van der Waals surface area contributed by atoms with Crippen LogP contribution in [0.4, 0.5) is 0 Å². The van der Waals surface area contributed by atoms with E-state index in [2.05, 4.69) is 10.1 Å². The number of hydrogen-bond acceptors (Lipinski definition) is 4. The summed E-state index contributed by atoms with van der Waals surface area (Å²) in [7, 11) is -0.507. The molecule has 0 saturated heterocycles. The molecule has 0 fully saturated rings. The van der Waals surface area contributed by atoms with Crippen LogP contribution in [0, 0.1) is 0 Å². The first-order valence-corrected chi connectivity index (χ1v) is 7.34. The van der Waals surface area contributed by atoms with Gasteiger partial charge in [0, 0.05) is 19.1 Å². The van der Waals surface area contributed by atoms with E-state index in [0.717, 1.165) is 0 Å². The molecule has 0 aliphatic rings. The molecule has 1 amide bonds. The van der Waals surface area contributed by atoms with Gasteiger partial charge in [-0.3, -0.25) is 10.2 Å². The van der Waals surface area contributed by atoms with Gasteiger partial charge in [0.2, 0.25) is 10.0 Å². The van der Waals surface area contributed by atoms with Crippen molar-refractivity contribution in [2.24, 2.45) is 0 Å². The zero-order valence-corrected chi connectivity index (χ0v) is 12.4. The Balaban J connectivity index is 2.83. The Labute approximate surface area is 117 Å². The summed E-state index contributed by atoms with van der Waals surface area (Å²) in [4.78, 5) is 11.6. The van der Waals surface area contributed by atoms with Crippen LogP contribution in [0.2, 0.25) is 5.02 Å². The lowest BCUT2D eigenvalue weighted by Crippen LogP contribution is -2.48. The summed E-state index contributed by atoms with van der Waals surface area (Å²) in [6.07, 6.45) is 0. The fraction of sp³-hybridized carbons (Fsp3) is 0.364. The standard InChI is InChI=1S/C11H16ClN3O3S/c1-8(11(16)13-15(2)3)14-19(17,18)10-6-4-5-9(12)7-10/h4-8,14H,1-3H3,(H,13,16)/t8-/m0/s1. The highest BCUT2D eigenvalue weighted by molar-refractivity contribution is 7.89. The van der Waals surface area contributed by atoms with Gasteiger partial charge in [0.25, 0.3) is 5.91 Å². The summed E-state index contributed by atoms with van der Waals surface area (Å²) in [5, 5.41) is 1.75. The fourth-order valence-corrected chi connectivity index (χ4v) is 2.81. The monoisotopic (exact) mass is 305 g/mol. The average molecular weight is 306 g/mol. The van der Waals surface area contributed by atoms with Crippen molar-refractivity contribution in [1.82, 2.24) is 15.2 Å². The van der Waals surface area contributed by atoms with Crippen LogP contribution in [-0.2, 0) is 14.8 Å². The molecule has 19 heavy (non-hydrogen) atoms. The molecule has 1 aromatic rings. The van der Waals surface area contributed by atoms with Crippen molar-refractivity contribution in [3.8, 4) is 0 Å². The van der Waals surface area contributed by atoms with Crippen LogP contribution in [0.15, 0.2) is 29.2 Å². The summed E-state index contributed by atoms with van der Waals surface area (Å²) < 4.78 is 26.3. The lowest BCUT2D eigenvalue weighted by molar-refractivity contribution is -0.126. The molecule has 2 N–H and O–H groups in total. The SMILES string of the molecule is C[C@H](NS(=O)(=O)c1cccc(Cl)c1)C(=O)NN(C)C. The van der Waals surface area contributed by atoms with Gasteiger partial charge < -0.3 is 0 Å². The number of carbonyl (C=O) groups is 1. The van der Waals surface area contributed by atoms with Crippen molar-refractivity contribution in [3.05, 3.63) is 29.3 Å². The molecule has 0 spiro atoms. The summed E-state index contributed by atoms with van der Waals surface area (Å²) >= 11 is 5.74. The molecule has 1 rings (SSSR count). The Morgan fingerprint density at radius 2 is 2.00 bits per heavy atom. The highest BCUT2D eigenvalue weighted by Gasteiger charge is 2.22. The van der Waals surface area contributed by atoms with E-state index in [0.29, 0.717) is 5.02 Å². The van der Waals surface area contributed by atoms with E-state index in [-0.39, 0.29) is 4.90 Å². The van der Waals surface area contributed by atoms with Gasteiger partial charge >= 0.3 is 0 Å². The summed E-state index contributed by atoms with van der Waals surface area (Å²) in [5.74, 6) is -0.449. The largest absolute Gasteiger partial charge is 0.288 e. The first kappa shape index (κ1) is 15.9. The quantitative estimate of drug-likeness (QED) is 0.781. The number of rotatable bonds is 5. The molecule has 1 atom stereocenters. The third-order valence-electron chi connectivity index (χ3n) is 2.17. The maximum Gasteiger partial charge on any atom is 0.252 e. The lowest BCUT2D eigenvalue weighted by atomic mass is 10.3. The lowest BCUT2D eigenvalue weighted by Gasteiger charge is -2.17. The van der Waals surface area contributed by atoms with Gasteiger partial charge in [-0.25, -0.2) is 13.4 Å². The number of hydrazine groups is 1. The Morgan fingerprint density at radius 1 is 1.37 bits per heavy atom. The molecule has 0 aliphatic carbocycles. The number of sulfonamides is 1. The summed E-state index contributed by atoms with van der Waals surface area (Å²) in [5.41, 5.74) is 2.47. The molecule has 6 nitrogen and oxygen atoms in total. The minimum atomic E-state index is -3.78. The molecule has 0 radical (unpaired) electrons. The molecule has 106 valence electrons. The van der Waals surface area contributed by atoms with Crippen molar-refractivity contribution in [3.63, 3.8) is 0 Å². The zero-order valence-electron chi connectivity index (χ0n) is 10.8. The molecule has 0 saturated carbocycles. The topological polar surface area (TPSA) is 78.5 Å². The van der Waals surface area contributed by atoms with Gasteiger partial charge in [0.15, 0.2) is 0 Å². The summed E-state index contributed by atoms with van der Waals surface area (Å²) in [6.45, 7) is 1.46. The van der Waals surface area contributed by atoms with E-state index in [9.17, 15) is 13.2 Å². The van der Waals surface area contributed by atoms with Gasteiger partial charge in [-0.1, -0.05) is 17.7 Å². The van der Waals surface area contributed by atoms with E-state index in [1.807, 2.05) is 0 Å². The van der Waals surface area contributed by atoms with E-state index in [1.165, 1.54) is 30.1 Å². The number of nitrogens with one attached hydrogen (secondary N) is 2. The Kier molecular flexibility index (Phi) is 5.30. The van der Waals surface area contributed by atoms with Crippen LogP contribution in [0.25, 0.3) is 0 Å². The van der Waals surface area contributed by atoms with Crippen LogP contribution < -0.4 is 10.1 Å². The van der Waals surface area contributed by atoms with Crippen molar-refractivity contribution in [2.45, 2.75) is 17.9 Å². The third kappa shape index (κ3) is 4.79. The number of benzene rings is 1. The molecule has 1 aromatic carbocycles. The van der Waals surface area contributed by atoms with E-state index in [4.69, 9.17) is 11.6 Å². The number of amides is 1. The predicted octanol–water partition coefficient (Wildman–Crippen LogP) is 0.600. The Bertz CT molecular complexity index is 560. The van der Waals surface area contributed by atoms with Crippen molar-refractivity contribution in [1.29, 1.82) is 0 Å². The predicted molar refractivity (Wildman–Crippen MR) is 73.1 cm³/mol. The second-order valence-corrected chi connectivity index (χ2v) is 6.32. The Hall–Kier alpha value is -1.15. The van der Waals surface area contributed by atoms with Crippen molar-refractivity contribution in [2.75, 3.05) is 14.1 Å². The smallest absolute Gasteiger partial charge is 0.252 e. The second kappa shape index (κ2) is 6.33. The maximum atomic E-state index is 12.0. The van der Waals surface area contributed by atoms with Crippen LogP contribution in [0.1, 0.15) is 6.92 Å². The molecule has 0 unspecified atom stereocenters. The van der Waals surface area contributed by atoms with E-state index in [1.54, 1.807) is 20.2 Å². The molecule has 0 aromatic heterocycles. The van der Waals surface area contributed by atoms with Gasteiger partial charge in [-0.05, 0) is 25.1 Å². The third-order valence-corrected chi connectivity index (χ3v) is 3.94. The highest BCUT2D eigenvalue weighted by atomic mass is 35.5. The first-order chi connectivity index (χ1) is 8.72. The number of halogens is 1. The van der Waals surface area contributed by atoms with Crippen molar-refractivity contribution >= 4 is 27.5 Å². The molecule has 0 aliphatic heterocycles. The fourth-order valence-electron chi connectivity index (χ4n) is 1.31. The molecule has 0 bridgehead atoms. The minimum absolute atomic E-state index is 0.0181. The zero-order chi connectivity index (χ0) is 14.6. The highest BCUT2D eigenvalue weighted by Crippen LogP contribution is 2.15. The number of carbonyl (C=O) groups excluding carboxylic acids is 1. The molecular weight excluding hydrogens is 290 g/mol. The number of hydrogen-bond donors (Lipinski definition) is 2. The van der Waals surface area contributed by atoms with Crippen LogP contribution in [0.3, 0.4) is 0 Å². The van der Waals surface area contributed by atoms with Crippen LogP contribution in [-0.4, -0.2) is 39.5 Å².